The lowest BCUT2D eigenvalue weighted by Crippen LogP contribution is -2.20. The molecule has 33 heavy (non-hydrogen) atoms. The molecule has 0 bridgehead atoms. The normalized spacial score (nSPS) is 12.1. The number of halogens is 4. The van der Waals surface area contributed by atoms with Gasteiger partial charge in [-0.1, -0.05) is 73.8 Å². The van der Waals surface area contributed by atoms with Gasteiger partial charge in [-0.2, -0.15) is 0 Å². The summed E-state index contributed by atoms with van der Waals surface area (Å²) in [6.45, 7) is 5.57. The van der Waals surface area contributed by atoms with Crippen molar-refractivity contribution in [2.45, 2.75) is 32.1 Å². The van der Waals surface area contributed by atoms with Crippen molar-refractivity contribution in [3.63, 3.8) is 0 Å². The smallest absolute Gasteiger partial charge is 0.260 e. The van der Waals surface area contributed by atoms with E-state index in [2.05, 4.69) is 10.3 Å². The fourth-order valence-electron chi connectivity index (χ4n) is 3.22. The summed E-state index contributed by atoms with van der Waals surface area (Å²) in [6.07, 6.45) is 0. The van der Waals surface area contributed by atoms with Gasteiger partial charge in [-0.25, -0.2) is 4.98 Å². The third-order valence-electron chi connectivity index (χ3n) is 4.69. The summed E-state index contributed by atoms with van der Waals surface area (Å²) < 4.78 is 0. The van der Waals surface area contributed by atoms with Crippen LogP contribution in [0, 0.1) is 10.1 Å². The molecular weight excluding hydrogens is 573 g/mol. The van der Waals surface area contributed by atoms with E-state index >= 15 is 0 Å². The van der Waals surface area contributed by atoms with Crippen molar-refractivity contribution in [1.82, 2.24) is 4.98 Å². The summed E-state index contributed by atoms with van der Waals surface area (Å²) in [5, 5.41) is 15.5. The van der Waals surface area contributed by atoms with Gasteiger partial charge in [0.15, 0.2) is 5.13 Å². The number of amides is 1. The minimum atomic E-state index is -0.552. The van der Waals surface area contributed by atoms with Crippen LogP contribution in [0.1, 0.15) is 53.2 Å². The average molecular weight is 594 g/mol. The van der Waals surface area contributed by atoms with Crippen molar-refractivity contribution in [3.8, 4) is 0 Å². The van der Waals surface area contributed by atoms with E-state index in [1.54, 1.807) is 42.5 Å². The lowest BCUT2D eigenvalue weighted by Gasteiger charge is -2.21. The highest BCUT2D eigenvalue weighted by Gasteiger charge is 2.32. The van der Waals surface area contributed by atoms with Crippen molar-refractivity contribution in [3.05, 3.63) is 89.3 Å². The summed E-state index contributed by atoms with van der Waals surface area (Å²) in [5.41, 5.74) is 1.14. The number of anilines is 1. The molecule has 1 amide bonds. The number of benzene rings is 2. The standard InChI is InChI=1S/C22H20Cl3N3O3S.BrH/c1-22(2,3)19-18(14(11-28(30)31)12-7-9-13(23)10-8-12)32-21(26-19)27-20(29)17-15(24)5-4-6-16(17)25;/h4-10,14H,11H2,1-3H3,(H,26,27,29);1H. The molecule has 3 rings (SSSR count). The van der Waals surface area contributed by atoms with Crippen LogP contribution in [0.15, 0.2) is 42.5 Å². The van der Waals surface area contributed by atoms with E-state index in [0.29, 0.717) is 20.7 Å². The lowest BCUT2D eigenvalue weighted by atomic mass is 9.86. The Kier molecular flexibility index (Phi) is 9.30. The van der Waals surface area contributed by atoms with Gasteiger partial charge in [0.1, 0.15) is 0 Å². The molecule has 1 aromatic heterocycles. The number of nitrogens with zero attached hydrogens (tertiary/aromatic N) is 2. The monoisotopic (exact) mass is 591 g/mol. The van der Waals surface area contributed by atoms with Gasteiger partial charge in [0.25, 0.3) is 5.91 Å². The predicted molar refractivity (Wildman–Crippen MR) is 141 cm³/mol. The first-order chi connectivity index (χ1) is 15.0. The van der Waals surface area contributed by atoms with Crippen molar-refractivity contribution in [1.29, 1.82) is 0 Å². The zero-order chi connectivity index (χ0) is 23.6. The first kappa shape index (κ1) is 27.5. The maximum Gasteiger partial charge on any atom is 0.260 e. The number of nitrogens with one attached hydrogen (secondary N) is 1. The van der Waals surface area contributed by atoms with Crippen molar-refractivity contribution < 1.29 is 9.72 Å². The highest BCUT2D eigenvalue weighted by Crippen LogP contribution is 2.40. The minimum absolute atomic E-state index is 0. The molecule has 6 nitrogen and oxygen atoms in total. The maximum absolute atomic E-state index is 12.8. The Morgan fingerprint density at radius 3 is 2.21 bits per heavy atom. The largest absolute Gasteiger partial charge is 0.298 e. The highest BCUT2D eigenvalue weighted by molar-refractivity contribution is 8.93. The van der Waals surface area contributed by atoms with E-state index in [-0.39, 0.29) is 44.1 Å². The molecule has 0 aliphatic carbocycles. The number of hydrogen-bond acceptors (Lipinski definition) is 5. The summed E-state index contributed by atoms with van der Waals surface area (Å²) >= 11 is 19.5. The average Bonchev–Trinajstić information content (AvgIpc) is 3.10. The third kappa shape index (κ3) is 6.67. The number of hydrogen-bond donors (Lipinski definition) is 1. The van der Waals surface area contributed by atoms with E-state index in [0.717, 1.165) is 5.56 Å². The zero-order valence-electron chi connectivity index (χ0n) is 17.9. The van der Waals surface area contributed by atoms with E-state index < -0.39 is 17.2 Å². The molecule has 176 valence electrons. The summed E-state index contributed by atoms with van der Waals surface area (Å²) in [6, 6.07) is 11.7. The molecular formula is C22H21BrCl3N3O3S. The molecule has 2 aromatic carbocycles. The Morgan fingerprint density at radius 1 is 1.12 bits per heavy atom. The van der Waals surface area contributed by atoms with Crippen molar-refractivity contribution in [2.75, 3.05) is 11.9 Å². The Labute approximate surface area is 221 Å². The molecule has 0 spiro atoms. The summed E-state index contributed by atoms with van der Waals surface area (Å²) in [5.74, 6) is -1.05. The van der Waals surface area contributed by atoms with Crippen LogP contribution in [-0.4, -0.2) is 22.4 Å². The number of nitro groups is 1. The highest BCUT2D eigenvalue weighted by atomic mass is 79.9. The molecule has 0 aliphatic heterocycles. The second-order valence-electron chi connectivity index (χ2n) is 8.15. The van der Waals surface area contributed by atoms with Crippen LogP contribution < -0.4 is 5.32 Å². The van der Waals surface area contributed by atoms with E-state index in [4.69, 9.17) is 34.8 Å². The molecule has 0 saturated heterocycles. The van der Waals surface area contributed by atoms with E-state index in [1.165, 1.54) is 11.3 Å². The lowest BCUT2D eigenvalue weighted by molar-refractivity contribution is -0.481. The number of aromatic nitrogens is 1. The van der Waals surface area contributed by atoms with Gasteiger partial charge >= 0.3 is 0 Å². The van der Waals surface area contributed by atoms with Gasteiger partial charge in [0.2, 0.25) is 6.54 Å². The number of thiazole rings is 1. The molecule has 3 aromatic rings. The Balaban J connectivity index is 0.00000385. The fourth-order valence-corrected chi connectivity index (χ4v) is 5.20. The van der Waals surface area contributed by atoms with Gasteiger partial charge in [0, 0.05) is 20.2 Å². The van der Waals surface area contributed by atoms with Gasteiger partial charge in [-0.15, -0.1) is 28.3 Å². The Bertz CT molecular complexity index is 1140. The first-order valence-electron chi connectivity index (χ1n) is 9.61. The van der Waals surface area contributed by atoms with Crippen molar-refractivity contribution in [2.24, 2.45) is 0 Å². The minimum Gasteiger partial charge on any atom is -0.298 e. The van der Waals surface area contributed by atoms with E-state index in [1.807, 2.05) is 20.8 Å². The van der Waals surface area contributed by atoms with Gasteiger partial charge < -0.3 is 0 Å². The van der Waals surface area contributed by atoms with Crippen LogP contribution in [0.5, 0.6) is 0 Å². The van der Waals surface area contributed by atoms with Gasteiger partial charge in [0.05, 0.1) is 27.2 Å². The molecule has 0 aliphatic rings. The number of carbonyl (C=O) groups is 1. The molecule has 0 saturated carbocycles. The molecule has 0 fully saturated rings. The van der Waals surface area contributed by atoms with Gasteiger partial charge in [-0.3, -0.25) is 20.2 Å². The summed E-state index contributed by atoms with van der Waals surface area (Å²) in [7, 11) is 0. The quantitative estimate of drug-likeness (QED) is 0.235. The van der Waals surface area contributed by atoms with Crippen LogP contribution in [0.3, 0.4) is 0 Å². The fraction of sp³-hybridized carbons (Fsp3) is 0.273. The summed E-state index contributed by atoms with van der Waals surface area (Å²) in [4.78, 5) is 29.3. The number of carbonyl (C=O) groups excluding carboxylic acids is 1. The second-order valence-corrected chi connectivity index (χ2v) is 10.4. The molecule has 1 N–H and O–H groups in total. The van der Waals surface area contributed by atoms with Crippen LogP contribution >= 0.6 is 63.1 Å². The number of rotatable bonds is 6. The van der Waals surface area contributed by atoms with Crippen molar-refractivity contribution >= 4 is 74.2 Å². The topological polar surface area (TPSA) is 85.1 Å². The zero-order valence-corrected chi connectivity index (χ0v) is 22.7. The molecule has 0 radical (unpaired) electrons. The predicted octanol–water partition coefficient (Wildman–Crippen LogP) is 7.64. The van der Waals surface area contributed by atoms with Crippen LogP contribution in [-0.2, 0) is 5.41 Å². The maximum atomic E-state index is 12.8. The molecule has 1 unspecified atom stereocenters. The van der Waals surface area contributed by atoms with Crippen LogP contribution in [0.2, 0.25) is 15.1 Å². The molecule has 11 heteroatoms. The Morgan fingerprint density at radius 2 is 1.70 bits per heavy atom. The second kappa shape index (κ2) is 11.1. The van der Waals surface area contributed by atoms with Gasteiger partial charge in [-0.05, 0) is 29.8 Å². The molecule has 1 atom stereocenters. The molecule has 1 heterocycles. The first-order valence-corrected chi connectivity index (χ1v) is 11.6. The van der Waals surface area contributed by atoms with Crippen LogP contribution in [0.4, 0.5) is 5.13 Å². The SMILES string of the molecule is Br.CC(C)(C)c1nc(NC(=O)c2c(Cl)cccc2Cl)sc1C(C[N+](=O)[O-])c1ccc(Cl)cc1. The third-order valence-corrected chi connectivity index (χ3v) is 6.66. The van der Waals surface area contributed by atoms with Crippen LogP contribution in [0.25, 0.3) is 0 Å². The Hall–Kier alpha value is -1.71. The van der Waals surface area contributed by atoms with E-state index in [9.17, 15) is 14.9 Å².